The molecule has 4 fully saturated rings. The van der Waals surface area contributed by atoms with E-state index in [4.69, 9.17) is 0 Å². The Labute approximate surface area is 234 Å². The van der Waals surface area contributed by atoms with Crippen LogP contribution in [-0.2, 0) is 4.79 Å². The Morgan fingerprint density at radius 1 is 0.865 bits per heavy atom. The van der Waals surface area contributed by atoms with Crippen molar-refractivity contribution in [3.05, 3.63) is 0 Å². The molecule has 0 radical (unpaired) electrons. The zero-order valence-corrected chi connectivity index (χ0v) is 27.2. The minimum absolute atomic E-state index is 0.380. The van der Waals surface area contributed by atoms with Crippen LogP contribution in [-0.4, -0.2) is 5.78 Å². The largest absolute Gasteiger partial charge is 0.300 e. The van der Waals surface area contributed by atoms with E-state index in [0.29, 0.717) is 27.9 Å². The first-order chi connectivity index (χ1) is 17.6. The Morgan fingerprint density at radius 2 is 1.54 bits per heavy atom. The average molecular weight is 517 g/mol. The van der Waals surface area contributed by atoms with Crippen molar-refractivity contribution in [3.63, 3.8) is 0 Å². The molecule has 4 saturated carbocycles. The van der Waals surface area contributed by atoms with Crippen molar-refractivity contribution in [2.45, 2.75) is 172 Å². The summed E-state index contributed by atoms with van der Waals surface area (Å²) in [5, 5.41) is 0. The van der Waals surface area contributed by atoms with Crippen LogP contribution in [0.5, 0.6) is 0 Å². The third-order valence-electron chi connectivity index (χ3n) is 12.4. The lowest BCUT2D eigenvalue weighted by atomic mass is 9.39. The maximum Gasteiger partial charge on any atom is 0.129 e. The molecule has 0 heterocycles. The average Bonchev–Trinajstić information content (AvgIpc) is 3.22. The van der Waals surface area contributed by atoms with Gasteiger partial charge in [0.1, 0.15) is 5.78 Å². The number of carbonyl (C=O) groups is 1. The highest BCUT2D eigenvalue weighted by molar-refractivity contribution is 5.75. The monoisotopic (exact) mass is 517 g/mol. The van der Waals surface area contributed by atoms with Gasteiger partial charge >= 0.3 is 0 Å². The van der Waals surface area contributed by atoms with Gasteiger partial charge in [0, 0.05) is 6.42 Å². The van der Waals surface area contributed by atoms with Gasteiger partial charge in [-0.2, -0.15) is 0 Å². The first-order valence-corrected chi connectivity index (χ1v) is 17.1. The normalized spacial score (nSPS) is 41.1. The quantitative estimate of drug-likeness (QED) is 0.293. The Hall–Kier alpha value is -0.330. The number of Topliss-reactive ketones (excluding diaryl/α,β-unsaturated/α-hetero) is 1. The molecule has 37 heavy (non-hydrogen) atoms. The van der Waals surface area contributed by atoms with Gasteiger partial charge in [-0.3, -0.25) is 0 Å². The van der Waals surface area contributed by atoms with Crippen molar-refractivity contribution in [1.82, 2.24) is 0 Å². The Bertz CT molecular complexity index is 682. The van der Waals surface area contributed by atoms with Crippen molar-refractivity contribution >= 4 is 5.78 Å². The predicted octanol–water partition coefficient (Wildman–Crippen LogP) is 11.7. The van der Waals surface area contributed by atoms with Crippen molar-refractivity contribution in [2.24, 2.45) is 51.8 Å². The zero-order chi connectivity index (χ0) is 27.9. The van der Waals surface area contributed by atoms with Crippen molar-refractivity contribution < 1.29 is 4.79 Å². The number of hydrogen-bond acceptors (Lipinski definition) is 1. The van der Waals surface area contributed by atoms with E-state index in [0.717, 1.165) is 42.4 Å². The van der Waals surface area contributed by atoms with E-state index in [-0.39, 0.29) is 0 Å². The summed E-state index contributed by atoms with van der Waals surface area (Å²) < 4.78 is 0. The molecule has 1 nitrogen and oxygen atoms in total. The third-order valence-corrected chi connectivity index (χ3v) is 12.4. The van der Waals surface area contributed by atoms with Crippen LogP contribution in [0.1, 0.15) is 172 Å². The van der Waals surface area contributed by atoms with Gasteiger partial charge in [0.05, 0.1) is 0 Å². The van der Waals surface area contributed by atoms with E-state index in [9.17, 15) is 4.79 Å². The van der Waals surface area contributed by atoms with Gasteiger partial charge in [-0.15, -0.1) is 0 Å². The van der Waals surface area contributed by atoms with Crippen LogP contribution in [0.25, 0.3) is 0 Å². The van der Waals surface area contributed by atoms with E-state index in [1.54, 1.807) is 6.92 Å². The fourth-order valence-electron chi connectivity index (χ4n) is 10.3. The summed E-state index contributed by atoms with van der Waals surface area (Å²) in [7, 11) is 0. The first-order valence-electron chi connectivity index (χ1n) is 17.1. The van der Waals surface area contributed by atoms with E-state index in [1.807, 2.05) is 13.8 Å². The lowest BCUT2D eigenvalue weighted by molar-refractivity contribution is -0.163. The fourth-order valence-corrected chi connectivity index (χ4v) is 10.3. The molecule has 1 heteroatoms. The second-order valence-electron chi connectivity index (χ2n) is 14.7. The number of rotatable bonds is 8. The van der Waals surface area contributed by atoms with Crippen molar-refractivity contribution in [1.29, 1.82) is 0 Å². The summed E-state index contributed by atoms with van der Waals surface area (Å²) in [6.45, 7) is 23.0. The zero-order valence-electron chi connectivity index (χ0n) is 27.2. The summed E-state index contributed by atoms with van der Waals surface area (Å²) in [6.07, 6.45) is 22.3. The van der Waals surface area contributed by atoms with Crippen LogP contribution >= 0.6 is 0 Å². The van der Waals surface area contributed by atoms with Gasteiger partial charge in [0.2, 0.25) is 0 Å². The summed E-state index contributed by atoms with van der Waals surface area (Å²) >= 11 is 0. The molecule has 0 bridgehead atoms. The highest BCUT2D eigenvalue weighted by atomic mass is 16.1. The Morgan fingerprint density at radius 3 is 2.16 bits per heavy atom. The molecular weight excluding hydrogens is 448 g/mol. The van der Waals surface area contributed by atoms with Crippen molar-refractivity contribution in [2.75, 3.05) is 0 Å². The van der Waals surface area contributed by atoms with E-state index in [1.165, 1.54) is 89.9 Å². The van der Waals surface area contributed by atoms with Crippen molar-refractivity contribution in [3.8, 4) is 0 Å². The highest BCUT2D eigenvalue weighted by Crippen LogP contribution is 2.71. The van der Waals surface area contributed by atoms with E-state index >= 15 is 0 Å². The second kappa shape index (κ2) is 14.3. The smallest absolute Gasteiger partial charge is 0.129 e. The van der Waals surface area contributed by atoms with E-state index < -0.39 is 0 Å². The van der Waals surface area contributed by atoms with Gasteiger partial charge in [0.25, 0.3) is 0 Å². The molecule has 0 amide bonds. The number of hydrogen-bond donors (Lipinski definition) is 0. The van der Waals surface area contributed by atoms with Crippen LogP contribution in [0, 0.1) is 51.8 Å². The molecule has 0 aliphatic heterocycles. The number of ketones is 1. The summed E-state index contributed by atoms with van der Waals surface area (Å²) in [5.41, 5.74) is 1.71. The minimum atomic E-state index is 0.380. The fraction of sp³-hybridized carbons (Fsp3) is 0.972. The second-order valence-corrected chi connectivity index (χ2v) is 14.7. The molecule has 9 atom stereocenters. The molecule has 218 valence electrons. The molecule has 4 rings (SSSR count). The van der Waals surface area contributed by atoms with Gasteiger partial charge in [-0.1, -0.05) is 94.4 Å². The van der Waals surface area contributed by atoms with Crippen LogP contribution in [0.3, 0.4) is 0 Å². The standard InChI is InChI=1S/C31H54O.C3H8.C2H6/c1-7-8-9-10-24-15-20-31(6)28-17-19-30(5)26(22(2)11-12-23(3)32)13-14-27(30)25(28)16-18-29(31,4)21-24;1-3-2;1-2/h22,24-28H,7-21H2,1-6H3;3H2,1-2H3;1-2H3/t22?,24?,25?,26-,27?,28?,29?,30-,31?;;/m1../s1. The molecule has 0 saturated heterocycles. The number of fused-ring (bicyclic) bond motifs is 5. The maximum atomic E-state index is 11.6. The summed E-state index contributed by atoms with van der Waals surface area (Å²) in [4.78, 5) is 11.6. The highest BCUT2D eigenvalue weighted by Gasteiger charge is 2.63. The maximum absolute atomic E-state index is 11.6. The summed E-state index contributed by atoms with van der Waals surface area (Å²) in [6, 6.07) is 0. The number of unbranched alkanes of at least 4 members (excludes halogenated alkanes) is 2. The first kappa shape index (κ1) is 32.9. The lowest BCUT2D eigenvalue weighted by Gasteiger charge is -2.65. The Kier molecular flexibility index (Phi) is 12.7. The van der Waals surface area contributed by atoms with Crippen LogP contribution < -0.4 is 0 Å². The third kappa shape index (κ3) is 6.88. The van der Waals surface area contributed by atoms with Crippen LogP contribution in [0.2, 0.25) is 0 Å². The molecule has 0 aromatic carbocycles. The van der Waals surface area contributed by atoms with Gasteiger partial charge in [-0.25, -0.2) is 0 Å². The minimum Gasteiger partial charge on any atom is -0.300 e. The van der Waals surface area contributed by atoms with Crippen LogP contribution in [0.15, 0.2) is 0 Å². The molecule has 7 unspecified atom stereocenters. The molecule has 0 N–H and O–H groups in total. The molecule has 4 aliphatic carbocycles. The SMILES string of the molecule is CC.CCC.CCCCCC1CCC2(C)C3CC[C@@]4(C)C(CC[C@@H]4C(C)CCC(C)=O)C3CCC2(C)C1. The van der Waals surface area contributed by atoms with Crippen LogP contribution in [0.4, 0.5) is 0 Å². The van der Waals surface area contributed by atoms with E-state index in [2.05, 4.69) is 48.5 Å². The summed E-state index contributed by atoms with van der Waals surface area (Å²) in [5.74, 6) is 5.86. The molecule has 0 aromatic rings. The molecule has 0 spiro atoms. The topological polar surface area (TPSA) is 17.1 Å². The Balaban J connectivity index is 0.000000898. The number of carbonyl (C=O) groups excluding carboxylic acids is 1. The molecule has 0 aromatic heterocycles. The van der Waals surface area contributed by atoms with Gasteiger partial charge < -0.3 is 4.79 Å². The molecule has 4 aliphatic rings. The molecular formula is C36H68O. The predicted molar refractivity (Wildman–Crippen MR) is 164 cm³/mol. The van der Waals surface area contributed by atoms with Gasteiger partial charge in [0.15, 0.2) is 0 Å². The lowest BCUT2D eigenvalue weighted by Crippen LogP contribution is -2.57. The van der Waals surface area contributed by atoms with Gasteiger partial charge in [-0.05, 0) is 123 Å².